The number of nitrogens with one attached hydrogen (secondary N) is 3. The molecule has 0 radical (unpaired) electrons. The molecule has 6 aromatic heterocycles. The van der Waals surface area contributed by atoms with Gasteiger partial charge in [0.15, 0.2) is 17.5 Å². The van der Waals surface area contributed by atoms with Crippen molar-refractivity contribution in [2.75, 3.05) is 19.6 Å². The SMILES string of the molecule is C=c1[nH]c(C(=O)N2CCc3ncc(Br)cc3C2)n/c1=C(/C)Cl.O=C(c1nc2c(Cl)cccc2[nH]1)N1CCn2nccc2C1.O=C(c1nc2c(Cl)cccc2[nH]1)N1CCn2nccc2C1. The predicted molar refractivity (Wildman–Crippen MR) is 245 cm³/mol. The Morgan fingerprint density at radius 3 is 1.70 bits per heavy atom. The standard InChI is InChI=1S/C15H14BrClN4O.2C14H12ClN5O/c1-8(17)13-9(2)19-14(20-13)15(22)21-4-3-12-10(7-21)5-11(16)6-18-12;2*15-10-2-1-3-11-12(10)18-13(17-11)14(21)19-6-7-20-9(8-19)4-5-16-20/h5-6H,2-4,7H2,1H3,(H,19,20);2*1-5H,6-8H2,(H,17,18)/b13-8-;;. The van der Waals surface area contributed by atoms with Crippen LogP contribution in [0.3, 0.4) is 0 Å². The van der Waals surface area contributed by atoms with Crippen molar-refractivity contribution in [3.05, 3.63) is 139 Å². The lowest BCUT2D eigenvalue weighted by Crippen LogP contribution is -2.38. The molecule has 0 spiro atoms. The Kier molecular flexibility index (Phi) is 12.1. The van der Waals surface area contributed by atoms with Crippen LogP contribution in [-0.2, 0) is 39.1 Å². The maximum Gasteiger partial charge on any atom is 0.290 e. The monoisotopic (exact) mass is 982 g/mol. The molecule has 0 saturated heterocycles. The summed E-state index contributed by atoms with van der Waals surface area (Å²) in [6, 6.07) is 16.7. The highest BCUT2D eigenvalue weighted by atomic mass is 79.9. The number of imidazole rings is 3. The van der Waals surface area contributed by atoms with Crippen LogP contribution in [0.1, 0.15) is 61.4 Å². The van der Waals surface area contributed by atoms with Crippen molar-refractivity contribution >= 4 is 102 Å². The number of aromatic nitrogens is 11. The number of rotatable bonds is 3. The van der Waals surface area contributed by atoms with Crippen molar-refractivity contribution < 1.29 is 14.4 Å². The van der Waals surface area contributed by atoms with Gasteiger partial charge in [0, 0.05) is 66.4 Å². The van der Waals surface area contributed by atoms with E-state index in [-0.39, 0.29) is 23.5 Å². The molecule has 21 heteroatoms. The van der Waals surface area contributed by atoms with Crippen molar-refractivity contribution in [1.82, 2.24) is 69.1 Å². The van der Waals surface area contributed by atoms with Gasteiger partial charge in [0.25, 0.3) is 17.7 Å². The number of hydrogen-bond acceptors (Lipinski definition) is 9. The summed E-state index contributed by atoms with van der Waals surface area (Å²) < 4.78 is 4.74. The zero-order valence-electron chi connectivity index (χ0n) is 34.2. The number of hydrogen-bond donors (Lipinski definition) is 3. The maximum atomic E-state index is 12.6. The number of carbonyl (C=O) groups is 3. The summed E-state index contributed by atoms with van der Waals surface area (Å²) >= 11 is 21.6. The molecule has 0 bridgehead atoms. The summed E-state index contributed by atoms with van der Waals surface area (Å²) in [5.41, 5.74) is 6.95. The van der Waals surface area contributed by atoms with Crippen LogP contribution < -0.4 is 10.7 Å². The fourth-order valence-electron chi connectivity index (χ4n) is 7.73. The Labute approximate surface area is 387 Å². The number of benzene rings is 2. The zero-order chi connectivity index (χ0) is 44.6. The normalized spacial score (nSPS) is 14.8. The molecule has 0 atom stereocenters. The number of fused-ring (bicyclic) bond motifs is 5. The van der Waals surface area contributed by atoms with Gasteiger partial charge in [-0.2, -0.15) is 10.2 Å². The van der Waals surface area contributed by atoms with E-state index in [1.165, 1.54) is 0 Å². The van der Waals surface area contributed by atoms with Gasteiger partial charge in [-0.25, -0.2) is 15.0 Å². The first-order valence-electron chi connectivity index (χ1n) is 20.1. The largest absolute Gasteiger partial charge is 0.334 e. The minimum Gasteiger partial charge on any atom is -0.334 e. The number of carbonyl (C=O) groups excluding carboxylic acids is 3. The first-order valence-corrected chi connectivity index (χ1v) is 22.0. The van der Waals surface area contributed by atoms with Crippen molar-refractivity contribution in [3.63, 3.8) is 0 Å². The first kappa shape index (κ1) is 42.9. The molecule has 0 unspecified atom stereocenters. The number of aromatic amines is 3. The molecule has 2 aromatic carbocycles. The van der Waals surface area contributed by atoms with E-state index in [9.17, 15) is 14.4 Å². The minimum atomic E-state index is -0.153. The van der Waals surface area contributed by atoms with Crippen LogP contribution >= 0.6 is 50.7 Å². The van der Waals surface area contributed by atoms with Crippen LogP contribution in [0.2, 0.25) is 10.0 Å². The summed E-state index contributed by atoms with van der Waals surface area (Å²) in [6.45, 7) is 10.4. The molecule has 326 valence electrons. The van der Waals surface area contributed by atoms with Gasteiger partial charge in [-0.15, -0.1) is 0 Å². The van der Waals surface area contributed by atoms with E-state index in [2.05, 4.69) is 67.6 Å². The molecule has 9 heterocycles. The summed E-state index contributed by atoms with van der Waals surface area (Å²) in [5, 5.41) is 11.1. The minimum absolute atomic E-state index is 0.116. The van der Waals surface area contributed by atoms with Crippen LogP contribution in [0.4, 0.5) is 0 Å². The molecule has 11 rings (SSSR count). The van der Waals surface area contributed by atoms with E-state index < -0.39 is 0 Å². The average Bonchev–Trinajstić information content (AvgIpc) is 4.15. The molecular formula is C43H38BrCl3N14O3. The van der Waals surface area contributed by atoms with Gasteiger partial charge in [0.2, 0.25) is 0 Å². The number of nitrogens with zero attached hydrogens (tertiary/aromatic N) is 11. The van der Waals surface area contributed by atoms with Crippen molar-refractivity contribution in [3.8, 4) is 0 Å². The van der Waals surface area contributed by atoms with E-state index in [0.29, 0.717) is 101 Å². The van der Waals surface area contributed by atoms with Crippen LogP contribution in [0.15, 0.2) is 77.7 Å². The Morgan fingerprint density at radius 1 is 0.688 bits per heavy atom. The molecule has 8 aromatic rings. The highest BCUT2D eigenvalue weighted by Gasteiger charge is 2.27. The smallest absolute Gasteiger partial charge is 0.290 e. The van der Waals surface area contributed by atoms with Gasteiger partial charge in [0.05, 0.1) is 64.0 Å². The number of H-pyrrole nitrogens is 3. The lowest BCUT2D eigenvalue weighted by Gasteiger charge is -2.27. The molecule has 3 aliphatic heterocycles. The van der Waals surface area contributed by atoms with Crippen LogP contribution in [-0.4, -0.2) is 107 Å². The second-order valence-electron chi connectivity index (χ2n) is 15.2. The molecule has 64 heavy (non-hydrogen) atoms. The fraction of sp³-hybridized carbons (Fsp3) is 0.233. The molecule has 3 amide bonds. The zero-order valence-corrected chi connectivity index (χ0v) is 38.0. The second-order valence-corrected chi connectivity index (χ2v) is 17.5. The van der Waals surface area contributed by atoms with Crippen molar-refractivity contribution in [1.29, 1.82) is 0 Å². The predicted octanol–water partition coefficient (Wildman–Crippen LogP) is 5.68. The lowest BCUT2D eigenvalue weighted by atomic mass is 10.1. The topological polar surface area (TPSA) is 196 Å². The van der Waals surface area contributed by atoms with E-state index in [1.54, 1.807) is 52.3 Å². The van der Waals surface area contributed by atoms with E-state index in [4.69, 9.17) is 34.8 Å². The van der Waals surface area contributed by atoms with Gasteiger partial charge < -0.3 is 29.7 Å². The lowest BCUT2D eigenvalue weighted by molar-refractivity contribution is 0.0688. The number of halogens is 4. The number of para-hydroxylation sites is 2. The van der Waals surface area contributed by atoms with E-state index in [1.807, 2.05) is 51.8 Å². The van der Waals surface area contributed by atoms with Crippen molar-refractivity contribution in [2.24, 2.45) is 0 Å². The highest BCUT2D eigenvalue weighted by Crippen LogP contribution is 2.25. The van der Waals surface area contributed by atoms with Gasteiger partial charge >= 0.3 is 0 Å². The highest BCUT2D eigenvalue weighted by molar-refractivity contribution is 9.10. The Hall–Kier alpha value is -6.34. The fourth-order valence-corrected chi connectivity index (χ4v) is 8.70. The van der Waals surface area contributed by atoms with Crippen LogP contribution in [0, 0.1) is 0 Å². The third-order valence-corrected chi connectivity index (χ3v) is 12.2. The molecule has 3 N–H and O–H groups in total. The summed E-state index contributed by atoms with van der Waals surface area (Å²) in [4.78, 5) is 69.3. The molecule has 17 nitrogen and oxygen atoms in total. The second kappa shape index (κ2) is 18.0. The molecule has 3 aliphatic rings. The Morgan fingerprint density at radius 2 is 1.20 bits per heavy atom. The van der Waals surface area contributed by atoms with Gasteiger partial charge in [-0.05, 0) is 70.9 Å². The van der Waals surface area contributed by atoms with Gasteiger partial charge in [-0.1, -0.05) is 53.5 Å². The van der Waals surface area contributed by atoms with E-state index >= 15 is 0 Å². The summed E-state index contributed by atoms with van der Waals surface area (Å²) in [5.74, 6) is 0.535. The first-order chi connectivity index (χ1) is 30.9. The van der Waals surface area contributed by atoms with Crippen LogP contribution in [0.5, 0.6) is 0 Å². The molecule has 0 aliphatic carbocycles. The number of pyridine rings is 1. The molecular weight excluding hydrogens is 947 g/mol. The van der Waals surface area contributed by atoms with Crippen molar-refractivity contribution in [2.45, 2.75) is 46.1 Å². The van der Waals surface area contributed by atoms with Gasteiger partial charge in [-0.3, -0.25) is 28.7 Å². The Bertz CT molecular complexity index is 3060. The summed E-state index contributed by atoms with van der Waals surface area (Å²) in [6.07, 6.45) is 6.03. The van der Waals surface area contributed by atoms with Gasteiger partial charge in [0.1, 0.15) is 16.4 Å². The Balaban J connectivity index is 0.000000122. The number of amides is 3. The maximum absolute atomic E-state index is 12.6. The third kappa shape index (κ3) is 8.78. The quantitative estimate of drug-likeness (QED) is 0.200. The molecule has 0 fully saturated rings. The van der Waals surface area contributed by atoms with E-state index in [0.717, 1.165) is 44.6 Å². The third-order valence-electron chi connectivity index (χ3n) is 11.0. The average molecular weight is 985 g/mol. The molecule has 0 saturated carbocycles. The van der Waals surface area contributed by atoms with Crippen LogP contribution in [0.25, 0.3) is 33.7 Å². The summed E-state index contributed by atoms with van der Waals surface area (Å²) in [7, 11) is 0.